The zero-order chi connectivity index (χ0) is 13.1. The third kappa shape index (κ3) is 2.63. The molecule has 1 atom stereocenters. The van der Waals surface area contributed by atoms with Crippen LogP contribution in [-0.4, -0.2) is 18.1 Å². The van der Waals surface area contributed by atoms with E-state index >= 15 is 0 Å². The Morgan fingerprint density at radius 1 is 1.50 bits per heavy atom. The first-order valence-corrected chi connectivity index (χ1v) is 7.43. The molecule has 4 heteroatoms. The first-order valence-electron chi connectivity index (χ1n) is 6.72. The maximum absolute atomic E-state index is 12.5. The minimum atomic E-state index is 0.272. The lowest BCUT2D eigenvalue weighted by Crippen LogP contribution is -2.50. The molecule has 0 aromatic carbocycles. The van der Waals surface area contributed by atoms with Crippen molar-refractivity contribution in [1.82, 2.24) is 4.98 Å². The molecule has 18 heavy (non-hydrogen) atoms. The summed E-state index contributed by atoms with van der Waals surface area (Å²) in [5, 5.41) is 0. The highest BCUT2D eigenvalue weighted by Crippen LogP contribution is 2.33. The maximum Gasteiger partial charge on any atom is 0.131 e. The van der Waals surface area contributed by atoms with Gasteiger partial charge >= 0.3 is 0 Å². The van der Waals surface area contributed by atoms with Gasteiger partial charge in [-0.2, -0.15) is 3.89 Å². The summed E-state index contributed by atoms with van der Waals surface area (Å²) in [6, 6.07) is 1.92. The lowest BCUT2D eigenvalue weighted by atomic mass is 9.85. The Bertz CT molecular complexity index is 405. The Kier molecular flexibility index (Phi) is 4.49. The van der Waals surface area contributed by atoms with E-state index in [9.17, 15) is 3.89 Å². The van der Waals surface area contributed by atoms with Crippen molar-refractivity contribution in [3.63, 3.8) is 0 Å². The molecule has 1 aliphatic rings. The zero-order valence-corrected chi connectivity index (χ0v) is 12.1. The fourth-order valence-corrected chi connectivity index (χ4v) is 2.73. The average Bonchev–Trinajstić information content (AvgIpc) is 2.36. The van der Waals surface area contributed by atoms with E-state index in [2.05, 4.69) is 30.7 Å². The van der Waals surface area contributed by atoms with Gasteiger partial charge in [-0.25, -0.2) is 4.98 Å². The Hall–Kier alpha value is -0.770. The molecule has 1 unspecified atom stereocenters. The van der Waals surface area contributed by atoms with Gasteiger partial charge in [-0.05, 0) is 29.9 Å². The quantitative estimate of drug-likeness (QED) is 0.799. The van der Waals surface area contributed by atoms with Crippen LogP contribution in [0, 0.1) is 11.8 Å². The van der Waals surface area contributed by atoms with E-state index < -0.39 is 0 Å². The summed E-state index contributed by atoms with van der Waals surface area (Å²) in [5.41, 5.74) is 1.15. The summed E-state index contributed by atoms with van der Waals surface area (Å²) < 4.78 is 12.5. The van der Waals surface area contributed by atoms with Gasteiger partial charge in [0.15, 0.2) is 0 Å². The van der Waals surface area contributed by atoms with E-state index in [0.717, 1.165) is 42.7 Å². The fourth-order valence-electron chi connectivity index (χ4n) is 2.45. The van der Waals surface area contributed by atoms with Gasteiger partial charge in [0.25, 0.3) is 0 Å². The van der Waals surface area contributed by atoms with E-state index in [1.54, 1.807) is 6.20 Å². The maximum atomic E-state index is 12.5. The van der Waals surface area contributed by atoms with Crippen molar-refractivity contribution in [3.8, 4) is 0 Å². The minimum Gasteiger partial charge on any atom is -0.356 e. The lowest BCUT2D eigenvalue weighted by Gasteiger charge is -2.44. The van der Waals surface area contributed by atoms with Gasteiger partial charge in [0.2, 0.25) is 0 Å². The Balaban J connectivity index is 2.07. The molecule has 0 saturated carbocycles. The first kappa shape index (κ1) is 13.7. The van der Waals surface area contributed by atoms with Crippen LogP contribution in [0.15, 0.2) is 17.2 Å². The van der Waals surface area contributed by atoms with E-state index in [-0.39, 0.29) is 12.1 Å². The number of pyridine rings is 1. The second-order valence-electron chi connectivity index (χ2n) is 5.14. The molecule has 2 heterocycles. The van der Waals surface area contributed by atoms with Crippen LogP contribution in [0.3, 0.4) is 0 Å². The number of halogens is 1. The third-order valence-corrected chi connectivity index (χ3v) is 4.45. The standard InChI is InChI=1S/C14H21FN2S/c1-4-10(3)12-8-17(9-12)14-11(5-2)6-13(18-15)7-16-14/h6-7,10,12H,4-5,8-9H2,1-3H3. The van der Waals surface area contributed by atoms with Gasteiger partial charge < -0.3 is 4.90 Å². The van der Waals surface area contributed by atoms with Gasteiger partial charge in [-0.1, -0.05) is 27.2 Å². The lowest BCUT2D eigenvalue weighted by molar-refractivity contribution is 0.282. The van der Waals surface area contributed by atoms with Gasteiger partial charge in [0, 0.05) is 19.3 Å². The van der Waals surface area contributed by atoms with Crippen LogP contribution in [0.4, 0.5) is 9.70 Å². The van der Waals surface area contributed by atoms with Gasteiger partial charge in [-0.15, -0.1) is 0 Å². The van der Waals surface area contributed by atoms with Crippen LogP contribution in [0.2, 0.25) is 0 Å². The summed E-state index contributed by atoms with van der Waals surface area (Å²) in [5.74, 6) is 2.62. The van der Waals surface area contributed by atoms with Crippen molar-refractivity contribution >= 4 is 18.0 Å². The molecule has 2 rings (SSSR count). The summed E-state index contributed by atoms with van der Waals surface area (Å²) in [6.07, 6.45) is 3.78. The highest BCUT2D eigenvalue weighted by Gasteiger charge is 2.32. The highest BCUT2D eigenvalue weighted by molar-refractivity contribution is 7.94. The summed E-state index contributed by atoms with van der Waals surface area (Å²) in [7, 11) is 0. The second-order valence-corrected chi connectivity index (χ2v) is 5.76. The van der Waals surface area contributed by atoms with E-state index in [4.69, 9.17) is 0 Å². The highest BCUT2D eigenvalue weighted by atomic mass is 32.2. The fraction of sp³-hybridized carbons (Fsp3) is 0.643. The van der Waals surface area contributed by atoms with Crippen LogP contribution in [0.5, 0.6) is 0 Å². The first-order chi connectivity index (χ1) is 8.69. The molecule has 1 aromatic heterocycles. The topological polar surface area (TPSA) is 16.1 Å². The molecule has 0 radical (unpaired) electrons. The molecule has 1 aliphatic heterocycles. The molecule has 0 spiro atoms. The molecule has 1 fully saturated rings. The van der Waals surface area contributed by atoms with Crippen molar-refractivity contribution in [2.75, 3.05) is 18.0 Å². The Labute approximate surface area is 113 Å². The molecule has 0 N–H and O–H groups in total. The molecular formula is C14H21FN2S. The molecular weight excluding hydrogens is 247 g/mol. The largest absolute Gasteiger partial charge is 0.356 e. The molecule has 0 aliphatic carbocycles. The van der Waals surface area contributed by atoms with E-state index in [1.807, 2.05) is 6.07 Å². The third-order valence-electron chi connectivity index (χ3n) is 4.05. The van der Waals surface area contributed by atoms with Crippen molar-refractivity contribution in [3.05, 3.63) is 17.8 Å². The van der Waals surface area contributed by atoms with Crippen molar-refractivity contribution < 1.29 is 3.89 Å². The average molecular weight is 268 g/mol. The monoisotopic (exact) mass is 268 g/mol. The Morgan fingerprint density at radius 2 is 2.22 bits per heavy atom. The predicted molar refractivity (Wildman–Crippen MR) is 75.7 cm³/mol. The summed E-state index contributed by atoms with van der Waals surface area (Å²) >= 11 is 0.272. The van der Waals surface area contributed by atoms with Crippen molar-refractivity contribution in [2.45, 2.75) is 38.5 Å². The van der Waals surface area contributed by atoms with Crippen molar-refractivity contribution in [1.29, 1.82) is 0 Å². The minimum absolute atomic E-state index is 0.272. The normalized spacial score (nSPS) is 17.7. The number of rotatable bonds is 5. The number of aryl methyl sites for hydroxylation is 1. The summed E-state index contributed by atoms with van der Waals surface area (Å²) in [4.78, 5) is 7.35. The number of hydrogen-bond donors (Lipinski definition) is 0. The molecule has 1 aromatic rings. The van der Waals surface area contributed by atoms with Crippen LogP contribution >= 0.6 is 12.1 Å². The van der Waals surface area contributed by atoms with Gasteiger partial charge in [0.05, 0.1) is 17.0 Å². The van der Waals surface area contributed by atoms with Crippen LogP contribution in [0.25, 0.3) is 0 Å². The van der Waals surface area contributed by atoms with Crippen LogP contribution in [-0.2, 0) is 6.42 Å². The molecule has 0 bridgehead atoms. The van der Waals surface area contributed by atoms with Gasteiger partial charge in [0.1, 0.15) is 5.82 Å². The van der Waals surface area contributed by atoms with Gasteiger partial charge in [-0.3, -0.25) is 0 Å². The van der Waals surface area contributed by atoms with E-state index in [1.165, 1.54) is 6.42 Å². The number of aromatic nitrogens is 1. The SMILES string of the molecule is CCc1cc(SF)cnc1N1CC(C(C)CC)C1. The second kappa shape index (κ2) is 5.91. The number of anilines is 1. The zero-order valence-electron chi connectivity index (χ0n) is 11.3. The van der Waals surface area contributed by atoms with Crippen molar-refractivity contribution in [2.24, 2.45) is 11.8 Å². The number of hydrogen-bond acceptors (Lipinski definition) is 3. The molecule has 2 nitrogen and oxygen atoms in total. The Morgan fingerprint density at radius 3 is 2.78 bits per heavy atom. The molecule has 100 valence electrons. The van der Waals surface area contributed by atoms with E-state index in [0.29, 0.717) is 4.90 Å². The predicted octanol–water partition coefficient (Wildman–Crippen LogP) is 4.10. The van der Waals surface area contributed by atoms with Crippen LogP contribution < -0.4 is 4.90 Å². The molecule has 1 saturated heterocycles. The van der Waals surface area contributed by atoms with Crippen LogP contribution in [0.1, 0.15) is 32.8 Å². The molecule has 0 amide bonds. The smallest absolute Gasteiger partial charge is 0.131 e. The summed E-state index contributed by atoms with van der Waals surface area (Å²) in [6.45, 7) is 8.85. The number of nitrogens with zero attached hydrogens (tertiary/aromatic N) is 2.